The van der Waals surface area contributed by atoms with Gasteiger partial charge in [-0.25, -0.2) is 0 Å². The lowest BCUT2D eigenvalue weighted by Gasteiger charge is -2.16. The minimum absolute atomic E-state index is 0.0897. The summed E-state index contributed by atoms with van der Waals surface area (Å²) < 4.78 is 0. The van der Waals surface area contributed by atoms with Gasteiger partial charge in [-0.2, -0.15) is 0 Å². The zero-order chi connectivity index (χ0) is 9.10. The summed E-state index contributed by atoms with van der Waals surface area (Å²) in [6, 6.07) is 0. The Morgan fingerprint density at radius 2 is 2.38 bits per heavy atom. The van der Waals surface area contributed by atoms with Crippen LogP contribution in [0.2, 0.25) is 0 Å². The van der Waals surface area contributed by atoms with Gasteiger partial charge in [0.2, 0.25) is 0 Å². The first-order valence-corrected chi connectivity index (χ1v) is 5.10. The highest BCUT2D eigenvalue weighted by Gasteiger charge is 2.20. The average molecular weight is 179 g/mol. The second kappa shape index (κ2) is 4.07. The number of allylic oxidation sites excluding steroid dienone is 2. The number of aliphatic hydroxyl groups excluding tert-OH is 1. The largest absolute Gasteiger partial charge is 0.392 e. The fourth-order valence-electron chi connectivity index (χ4n) is 2.00. The molecule has 72 valence electrons. The van der Waals surface area contributed by atoms with E-state index in [1.807, 2.05) is 0 Å². The third-order valence-corrected chi connectivity index (χ3v) is 2.73. The van der Waals surface area contributed by atoms with Crippen LogP contribution in [0, 0.1) is 0 Å². The van der Waals surface area contributed by atoms with E-state index in [1.165, 1.54) is 18.4 Å². The van der Waals surface area contributed by atoms with Crippen molar-refractivity contribution in [1.82, 2.24) is 4.90 Å². The van der Waals surface area contributed by atoms with Crippen molar-refractivity contribution in [3.8, 4) is 0 Å². The Kier molecular flexibility index (Phi) is 2.81. The molecule has 0 spiro atoms. The number of rotatable bonds is 2. The summed E-state index contributed by atoms with van der Waals surface area (Å²) in [5.41, 5.74) is 1.42. The topological polar surface area (TPSA) is 23.5 Å². The van der Waals surface area contributed by atoms with E-state index in [4.69, 9.17) is 0 Å². The third-order valence-electron chi connectivity index (χ3n) is 2.73. The monoisotopic (exact) mass is 179 g/mol. The molecule has 1 N–H and O–H groups in total. The lowest BCUT2D eigenvalue weighted by atomic mass is 10.1. The van der Waals surface area contributed by atoms with Crippen LogP contribution in [0.5, 0.6) is 0 Å². The van der Waals surface area contributed by atoms with Crippen LogP contribution in [0.1, 0.15) is 19.3 Å². The Hall–Kier alpha value is -0.600. The van der Waals surface area contributed by atoms with Crippen molar-refractivity contribution in [1.29, 1.82) is 0 Å². The van der Waals surface area contributed by atoms with Gasteiger partial charge in [0.15, 0.2) is 0 Å². The van der Waals surface area contributed by atoms with Gasteiger partial charge in [0.05, 0.1) is 6.10 Å². The number of nitrogens with zero attached hydrogens (tertiary/aromatic N) is 1. The molecule has 13 heavy (non-hydrogen) atoms. The van der Waals surface area contributed by atoms with Crippen LogP contribution in [-0.4, -0.2) is 35.7 Å². The van der Waals surface area contributed by atoms with Crippen molar-refractivity contribution in [3.63, 3.8) is 0 Å². The van der Waals surface area contributed by atoms with Crippen molar-refractivity contribution < 1.29 is 5.11 Å². The number of likely N-dealkylation sites (tertiary alicyclic amines) is 1. The van der Waals surface area contributed by atoms with E-state index in [2.05, 4.69) is 23.1 Å². The van der Waals surface area contributed by atoms with Gasteiger partial charge in [0, 0.05) is 19.6 Å². The van der Waals surface area contributed by atoms with Crippen molar-refractivity contribution in [2.24, 2.45) is 0 Å². The molecule has 0 aromatic carbocycles. The lowest BCUT2D eigenvalue weighted by molar-refractivity contribution is 0.179. The van der Waals surface area contributed by atoms with E-state index in [-0.39, 0.29) is 6.10 Å². The van der Waals surface area contributed by atoms with E-state index in [1.54, 1.807) is 0 Å². The Morgan fingerprint density at radius 3 is 3.00 bits per heavy atom. The summed E-state index contributed by atoms with van der Waals surface area (Å²) >= 11 is 0. The van der Waals surface area contributed by atoms with Crippen LogP contribution in [0.15, 0.2) is 23.8 Å². The van der Waals surface area contributed by atoms with Gasteiger partial charge < -0.3 is 5.11 Å². The van der Waals surface area contributed by atoms with E-state index in [9.17, 15) is 5.11 Å². The van der Waals surface area contributed by atoms with E-state index < -0.39 is 0 Å². The Bertz CT molecular complexity index is 232. The maximum absolute atomic E-state index is 9.35. The Morgan fingerprint density at radius 1 is 1.46 bits per heavy atom. The first-order chi connectivity index (χ1) is 6.34. The highest BCUT2D eigenvalue weighted by molar-refractivity contribution is 5.23. The van der Waals surface area contributed by atoms with Crippen molar-refractivity contribution in [2.75, 3.05) is 19.6 Å². The SMILES string of the molecule is OC1CCN(CC2=CCCC=C2)C1. The summed E-state index contributed by atoms with van der Waals surface area (Å²) in [4.78, 5) is 2.33. The van der Waals surface area contributed by atoms with E-state index >= 15 is 0 Å². The summed E-state index contributed by atoms with van der Waals surface area (Å²) in [6.07, 6.45) is 9.99. The summed E-state index contributed by atoms with van der Waals surface area (Å²) in [5, 5.41) is 9.35. The number of aliphatic hydroxyl groups is 1. The van der Waals surface area contributed by atoms with Crippen molar-refractivity contribution in [3.05, 3.63) is 23.8 Å². The van der Waals surface area contributed by atoms with Crippen molar-refractivity contribution >= 4 is 0 Å². The van der Waals surface area contributed by atoms with Gasteiger partial charge in [0.1, 0.15) is 0 Å². The molecule has 0 bridgehead atoms. The molecule has 1 fully saturated rings. The predicted octanol–water partition coefficient (Wildman–Crippen LogP) is 1.33. The molecule has 0 radical (unpaired) electrons. The molecular formula is C11H17NO. The highest BCUT2D eigenvalue weighted by Crippen LogP contribution is 2.15. The normalized spacial score (nSPS) is 29.3. The molecule has 2 nitrogen and oxygen atoms in total. The molecule has 1 saturated heterocycles. The average Bonchev–Trinajstić information content (AvgIpc) is 2.53. The number of hydrogen-bond acceptors (Lipinski definition) is 2. The molecule has 1 heterocycles. The smallest absolute Gasteiger partial charge is 0.0679 e. The minimum atomic E-state index is -0.0897. The fraction of sp³-hybridized carbons (Fsp3) is 0.636. The molecule has 0 aromatic heterocycles. The Balaban J connectivity index is 1.84. The molecule has 0 amide bonds. The van der Waals surface area contributed by atoms with Crippen LogP contribution in [0.25, 0.3) is 0 Å². The van der Waals surface area contributed by atoms with Crippen molar-refractivity contribution in [2.45, 2.75) is 25.4 Å². The Labute approximate surface area is 79.6 Å². The third kappa shape index (κ3) is 2.42. The second-order valence-corrected chi connectivity index (χ2v) is 3.94. The molecule has 1 atom stereocenters. The molecule has 2 rings (SSSR count). The standard InChI is InChI=1S/C11H17NO/c13-11-6-7-12(9-11)8-10-4-2-1-3-5-10/h2,4-5,11,13H,1,3,6-9H2. The van der Waals surface area contributed by atoms with Crippen LogP contribution in [-0.2, 0) is 0 Å². The lowest BCUT2D eigenvalue weighted by Crippen LogP contribution is -2.24. The van der Waals surface area contributed by atoms with Gasteiger partial charge in [-0.1, -0.05) is 18.2 Å². The number of β-amino-alcohol motifs (C(OH)–C–C–N with tert-alkyl or cyclic N) is 1. The van der Waals surface area contributed by atoms with Crippen LogP contribution in [0.3, 0.4) is 0 Å². The molecule has 1 aliphatic heterocycles. The fourth-order valence-corrected chi connectivity index (χ4v) is 2.00. The van der Waals surface area contributed by atoms with Crippen LogP contribution >= 0.6 is 0 Å². The first kappa shape index (κ1) is 8.97. The van der Waals surface area contributed by atoms with Gasteiger partial charge in [-0.05, 0) is 24.8 Å². The quantitative estimate of drug-likeness (QED) is 0.691. The van der Waals surface area contributed by atoms with E-state index in [0.717, 1.165) is 26.1 Å². The molecule has 0 saturated carbocycles. The van der Waals surface area contributed by atoms with Gasteiger partial charge >= 0.3 is 0 Å². The zero-order valence-electron chi connectivity index (χ0n) is 7.95. The van der Waals surface area contributed by atoms with E-state index in [0.29, 0.717) is 0 Å². The molecular weight excluding hydrogens is 162 g/mol. The summed E-state index contributed by atoms with van der Waals surface area (Å²) in [5.74, 6) is 0. The second-order valence-electron chi connectivity index (χ2n) is 3.94. The molecule has 1 aliphatic carbocycles. The molecule has 0 aromatic rings. The maximum Gasteiger partial charge on any atom is 0.0679 e. The predicted molar refractivity (Wildman–Crippen MR) is 53.5 cm³/mol. The first-order valence-electron chi connectivity index (χ1n) is 5.10. The van der Waals surface area contributed by atoms with Crippen LogP contribution in [0.4, 0.5) is 0 Å². The van der Waals surface area contributed by atoms with Crippen LogP contribution < -0.4 is 0 Å². The summed E-state index contributed by atoms with van der Waals surface area (Å²) in [7, 11) is 0. The highest BCUT2D eigenvalue weighted by atomic mass is 16.3. The molecule has 2 aliphatic rings. The van der Waals surface area contributed by atoms with Gasteiger partial charge in [-0.15, -0.1) is 0 Å². The molecule has 2 heteroatoms. The maximum atomic E-state index is 9.35. The zero-order valence-corrected chi connectivity index (χ0v) is 7.95. The molecule has 1 unspecified atom stereocenters. The minimum Gasteiger partial charge on any atom is -0.392 e. The van der Waals surface area contributed by atoms with Gasteiger partial charge in [-0.3, -0.25) is 4.90 Å². The summed E-state index contributed by atoms with van der Waals surface area (Å²) in [6.45, 7) is 2.92. The van der Waals surface area contributed by atoms with Gasteiger partial charge in [0.25, 0.3) is 0 Å². The number of hydrogen-bond donors (Lipinski definition) is 1.